The summed E-state index contributed by atoms with van der Waals surface area (Å²) in [5.74, 6) is -0.182. The zero-order valence-electron chi connectivity index (χ0n) is 49.5. The van der Waals surface area contributed by atoms with Gasteiger partial charge < -0.3 is 45.1 Å². The van der Waals surface area contributed by atoms with E-state index in [1.54, 1.807) is 6.08 Å². The second-order valence-electron chi connectivity index (χ2n) is 22.8. The van der Waals surface area contributed by atoms with Gasteiger partial charge in [0.2, 0.25) is 5.91 Å². The Morgan fingerprint density at radius 1 is 0.474 bits per heavy atom. The summed E-state index contributed by atoms with van der Waals surface area (Å²) in [6, 6.07) is -0.806. The molecule has 0 aromatic carbocycles. The summed E-state index contributed by atoms with van der Waals surface area (Å²) in [4.78, 5) is 25.0. The number of nitrogens with one attached hydrogen (secondary N) is 1. The van der Waals surface area contributed by atoms with E-state index in [4.69, 9.17) is 14.2 Å². The van der Waals surface area contributed by atoms with E-state index in [1.165, 1.54) is 231 Å². The predicted molar refractivity (Wildman–Crippen MR) is 315 cm³/mol. The van der Waals surface area contributed by atoms with Gasteiger partial charge in [-0.25, -0.2) is 0 Å². The predicted octanol–water partition coefficient (Wildman–Crippen LogP) is 15.7. The fraction of sp³-hybridized carbons (Fsp3) is 0.908. The summed E-state index contributed by atoms with van der Waals surface area (Å²) in [5, 5.41) is 54.2. The van der Waals surface area contributed by atoms with Crippen molar-refractivity contribution in [2.45, 2.75) is 358 Å². The second kappa shape index (κ2) is 55.1. The Bertz CT molecular complexity index is 1310. The summed E-state index contributed by atoms with van der Waals surface area (Å²) < 4.78 is 16.7. The van der Waals surface area contributed by atoms with E-state index in [2.05, 4.69) is 31.3 Å². The van der Waals surface area contributed by atoms with Crippen LogP contribution < -0.4 is 5.32 Å². The van der Waals surface area contributed by atoms with E-state index in [0.29, 0.717) is 19.4 Å². The van der Waals surface area contributed by atoms with Gasteiger partial charge >= 0.3 is 5.97 Å². The Hall–Kier alpha value is -1.86. The minimum absolute atomic E-state index is 0.00188. The highest BCUT2D eigenvalue weighted by Gasteiger charge is 2.44. The van der Waals surface area contributed by atoms with Crippen molar-refractivity contribution in [3.05, 3.63) is 24.3 Å². The number of aliphatic hydroxyl groups is 5. The fourth-order valence-corrected chi connectivity index (χ4v) is 10.4. The maximum Gasteiger partial charge on any atom is 0.305 e. The Labute approximate surface area is 467 Å². The van der Waals surface area contributed by atoms with Gasteiger partial charge in [0.05, 0.1) is 32.0 Å². The molecule has 0 aromatic heterocycles. The summed E-state index contributed by atoms with van der Waals surface area (Å²) >= 11 is 0. The quantitative estimate of drug-likeness (QED) is 0.0195. The average Bonchev–Trinajstić information content (AvgIpc) is 3.42. The number of ether oxygens (including phenoxy) is 3. The van der Waals surface area contributed by atoms with Crippen LogP contribution in [0.2, 0.25) is 0 Å². The van der Waals surface area contributed by atoms with E-state index in [9.17, 15) is 35.1 Å². The molecule has 11 heteroatoms. The number of rotatable bonds is 57. The molecule has 7 unspecified atom stereocenters. The molecule has 0 aliphatic carbocycles. The molecule has 1 aliphatic rings. The summed E-state index contributed by atoms with van der Waals surface area (Å²) in [6.45, 7) is 4.32. The van der Waals surface area contributed by atoms with Crippen LogP contribution in [0, 0.1) is 0 Å². The lowest BCUT2D eigenvalue weighted by Gasteiger charge is -2.40. The van der Waals surface area contributed by atoms with Crippen LogP contribution in [0.3, 0.4) is 0 Å². The first kappa shape index (κ1) is 72.2. The van der Waals surface area contributed by atoms with Gasteiger partial charge in [-0.15, -0.1) is 0 Å². The molecule has 1 fully saturated rings. The lowest BCUT2D eigenvalue weighted by Crippen LogP contribution is -2.60. The molecule has 0 saturated carbocycles. The molecular weight excluding hydrogens is 955 g/mol. The minimum Gasteiger partial charge on any atom is -0.466 e. The molecule has 7 atom stereocenters. The molecule has 1 saturated heterocycles. The molecule has 0 bridgehead atoms. The maximum absolute atomic E-state index is 13.0. The number of carbonyl (C=O) groups excluding carboxylic acids is 2. The van der Waals surface area contributed by atoms with Crippen molar-refractivity contribution < 1.29 is 49.3 Å². The number of amides is 1. The van der Waals surface area contributed by atoms with E-state index < -0.39 is 49.5 Å². The number of carbonyl (C=O) groups is 2. The third-order valence-corrected chi connectivity index (χ3v) is 15.6. The SMILES string of the molecule is CCCCCC/C=C\CCCCCCCC(=O)OCCCCCCCCCCCCCCCCCCCCCCCCCCCCC(=O)NC(COC1OC(CO)C(O)C(O)C1O)C(O)/C=C/CCCCCCCCC. The molecule has 1 amide bonds. The zero-order chi connectivity index (χ0) is 55.2. The third kappa shape index (κ3) is 44.0. The van der Waals surface area contributed by atoms with Gasteiger partial charge in [0, 0.05) is 12.8 Å². The summed E-state index contributed by atoms with van der Waals surface area (Å²) in [6.07, 6.45) is 57.4. The molecule has 0 spiro atoms. The van der Waals surface area contributed by atoms with Gasteiger partial charge in [-0.1, -0.05) is 269 Å². The van der Waals surface area contributed by atoms with Crippen molar-refractivity contribution in [1.82, 2.24) is 5.32 Å². The van der Waals surface area contributed by atoms with Crippen LogP contribution in [0.1, 0.15) is 316 Å². The number of hydrogen-bond acceptors (Lipinski definition) is 10. The van der Waals surface area contributed by atoms with E-state index >= 15 is 0 Å². The first-order valence-electron chi connectivity index (χ1n) is 32.6. The van der Waals surface area contributed by atoms with Gasteiger partial charge in [-0.3, -0.25) is 9.59 Å². The number of hydrogen-bond donors (Lipinski definition) is 6. The largest absolute Gasteiger partial charge is 0.466 e. The monoisotopic (exact) mass is 1080 g/mol. The van der Waals surface area contributed by atoms with E-state index in [0.717, 1.165) is 57.8 Å². The number of unbranched alkanes of at least 4 members (excludes halogenated alkanes) is 41. The normalized spacial score (nSPS) is 18.8. The zero-order valence-corrected chi connectivity index (χ0v) is 49.5. The van der Waals surface area contributed by atoms with Gasteiger partial charge in [-0.05, 0) is 57.8 Å². The third-order valence-electron chi connectivity index (χ3n) is 15.6. The van der Waals surface area contributed by atoms with E-state index in [1.807, 2.05) is 6.08 Å². The topological polar surface area (TPSA) is 175 Å². The molecule has 1 aliphatic heterocycles. The molecule has 0 aromatic rings. The molecule has 1 rings (SSSR count). The molecule has 448 valence electrons. The summed E-state index contributed by atoms with van der Waals surface area (Å²) in [7, 11) is 0. The molecule has 6 N–H and O–H groups in total. The highest BCUT2D eigenvalue weighted by Crippen LogP contribution is 2.23. The number of esters is 1. The second-order valence-corrected chi connectivity index (χ2v) is 22.8. The van der Waals surface area contributed by atoms with Crippen LogP contribution in [-0.2, 0) is 23.8 Å². The van der Waals surface area contributed by atoms with E-state index in [-0.39, 0.29) is 18.5 Å². The standard InChI is InChI=1S/C65H123NO10/c1-3-5-7-9-11-13-14-29-33-37-41-45-49-53-61(70)74-54-50-46-42-38-34-31-28-26-24-22-20-18-16-15-17-19-21-23-25-27-30-32-36-40-44-48-52-60(69)66-57(58(68)51-47-43-39-35-12-10-8-6-4-2)56-75-65-64(73)63(72)62(71)59(55-67)76-65/h13-14,47,51,57-59,62-65,67-68,71-73H,3-12,15-46,48-50,52-56H2,1-2H3,(H,66,69)/b14-13-,51-47+. The summed E-state index contributed by atoms with van der Waals surface area (Å²) in [5.41, 5.74) is 0. The van der Waals surface area contributed by atoms with Crippen molar-refractivity contribution in [3.63, 3.8) is 0 Å². The van der Waals surface area contributed by atoms with Gasteiger partial charge in [0.25, 0.3) is 0 Å². The first-order chi connectivity index (χ1) is 37.2. The fourth-order valence-electron chi connectivity index (χ4n) is 10.4. The number of aliphatic hydroxyl groups excluding tert-OH is 5. The molecule has 0 radical (unpaired) electrons. The van der Waals surface area contributed by atoms with Gasteiger partial charge in [0.15, 0.2) is 6.29 Å². The van der Waals surface area contributed by atoms with Crippen molar-refractivity contribution >= 4 is 11.9 Å². The van der Waals surface area contributed by atoms with Crippen molar-refractivity contribution in [1.29, 1.82) is 0 Å². The van der Waals surface area contributed by atoms with Gasteiger partial charge in [0.1, 0.15) is 24.4 Å². The molecular formula is C65H123NO10. The number of allylic oxidation sites excluding steroid dienone is 3. The van der Waals surface area contributed by atoms with Crippen molar-refractivity contribution in [2.24, 2.45) is 0 Å². The Balaban J connectivity index is 1.94. The minimum atomic E-state index is -1.57. The van der Waals surface area contributed by atoms with Crippen LogP contribution in [0.5, 0.6) is 0 Å². The highest BCUT2D eigenvalue weighted by molar-refractivity contribution is 5.76. The van der Waals surface area contributed by atoms with Crippen LogP contribution in [0.25, 0.3) is 0 Å². The lowest BCUT2D eigenvalue weighted by atomic mass is 9.99. The lowest BCUT2D eigenvalue weighted by molar-refractivity contribution is -0.302. The molecule has 11 nitrogen and oxygen atoms in total. The van der Waals surface area contributed by atoms with Gasteiger partial charge in [-0.2, -0.15) is 0 Å². The first-order valence-corrected chi connectivity index (χ1v) is 32.6. The Morgan fingerprint density at radius 2 is 0.842 bits per heavy atom. The van der Waals surface area contributed by atoms with Crippen LogP contribution in [0.4, 0.5) is 0 Å². The molecule has 76 heavy (non-hydrogen) atoms. The average molecular weight is 1080 g/mol. The van der Waals surface area contributed by atoms with Crippen molar-refractivity contribution in [2.75, 3.05) is 19.8 Å². The van der Waals surface area contributed by atoms with Crippen LogP contribution in [-0.4, -0.2) is 100 Å². The van der Waals surface area contributed by atoms with Crippen LogP contribution in [0.15, 0.2) is 24.3 Å². The van der Waals surface area contributed by atoms with Crippen molar-refractivity contribution in [3.8, 4) is 0 Å². The maximum atomic E-state index is 13.0. The highest BCUT2D eigenvalue weighted by atomic mass is 16.7. The Kier molecular flexibility index (Phi) is 52.3. The molecule has 1 heterocycles. The smallest absolute Gasteiger partial charge is 0.305 e. The van der Waals surface area contributed by atoms with Crippen LogP contribution >= 0.6 is 0 Å². The Morgan fingerprint density at radius 3 is 1.28 bits per heavy atom.